The third-order valence-corrected chi connectivity index (χ3v) is 2.18. The largest absolute Gasteiger partial charge is 0.273 e. The van der Waals surface area contributed by atoms with E-state index in [1.165, 1.54) is 18.7 Å². The first-order valence-corrected chi connectivity index (χ1v) is 4.21. The monoisotopic (exact) mass is 169 g/mol. The molecule has 0 N–H and O–H groups in total. The predicted octanol–water partition coefficient (Wildman–Crippen LogP) is 1.49. The summed E-state index contributed by atoms with van der Waals surface area (Å²) in [5, 5.41) is 4.52. The Kier molecular flexibility index (Phi) is 2.70. The Balaban J connectivity index is 2.53. The van der Waals surface area contributed by atoms with Crippen LogP contribution < -0.4 is 5.32 Å². The first-order chi connectivity index (χ1) is 5.22. The van der Waals surface area contributed by atoms with E-state index in [9.17, 15) is 4.79 Å². The Labute approximate surface area is 70.0 Å². The van der Waals surface area contributed by atoms with Crippen LogP contribution >= 0.6 is 11.8 Å². The van der Waals surface area contributed by atoms with Crippen molar-refractivity contribution in [2.45, 2.75) is 20.3 Å². The number of carbonyl (C=O) groups excluding carboxylic acids is 1. The number of rotatable bonds is 1. The topological polar surface area (TPSA) is 43.5 Å². The zero-order valence-corrected chi connectivity index (χ0v) is 7.31. The molecule has 0 aliphatic carbocycles. The van der Waals surface area contributed by atoms with Crippen LogP contribution in [0.4, 0.5) is 0 Å². The van der Waals surface area contributed by atoms with Crippen LogP contribution in [0.15, 0.2) is 16.1 Å². The highest BCUT2D eigenvalue weighted by Crippen LogP contribution is 2.24. The molecule has 0 aromatic rings. The summed E-state index contributed by atoms with van der Waals surface area (Å²) in [5.41, 5.74) is 0. The molecule has 1 aliphatic rings. The van der Waals surface area contributed by atoms with Crippen LogP contribution in [-0.4, -0.2) is 11.1 Å². The molecule has 0 atom stereocenters. The van der Waals surface area contributed by atoms with E-state index in [0.29, 0.717) is 5.17 Å². The van der Waals surface area contributed by atoms with Gasteiger partial charge in [0.05, 0.1) is 0 Å². The molecule has 0 bridgehead atoms. The second kappa shape index (κ2) is 3.57. The van der Waals surface area contributed by atoms with Gasteiger partial charge in [0.2, 0.25) is 5.91 Å². The fourth-order valence-electron chi connectivity index (χ4n) is 0.647. The lowest BCUT2D eigenvalue weighted by Gasteiger charge is -1.91. The van der Waals surface area contributed by atoms with Crippen molar-refractivity contribution in [3.63, 3.8) is 0 Å². The summed E-state index contributed by atoms with van der Waals surface area (Å²) in [6, 6.07) is 0. The summed E-state index contributed by atoms with van der Waals surface area (Å²) in [4.78, 5) is 15.4. The van der Waals surface area contributed by atoms with Crippen molar-refractivity contribution < 1.29 is 4.79 Å². The number of hydrogen-bond acceptors (Lipinski definition) is 2. The molecule has 1 aliphatic heterocycles. The Hall–Kier alpha value is -0.770. The minimum atomic E-state index is -0.193. The molecule has 3 nitrogen and oxygen atoms in total. The summed E-state index contributed by atoms with van der Waals surface area (Å²) in [6.45, 7) is 3.47. The van der Waals surface area contributed by atoms with Crippen LogP contribution in [0, 0.1) is 0 Å². The fourth-order valence-corrected chi connectivity index (χ4v) is 1.41. The van der Waals surface area contributed by atoms with E-state index in [-0.39, 0.29) is 5.91 Å². The number of aliphatic imine (C=N–C) groups is 1. The standard InChI is InChI=1S/C7H9N2OS/c1-3-6-4-8-7(11-6)9-5(2)10/h4H,3H2,1-2H3. The first-order valence-electron chi connectivity index (χ1n) is 3.39. The molecule has 1 amide bonds. The smallest absolute Gasteiger partial charge is 0.245 e. The van der Waals surface area contributed by atoms with E-state index in [1.54, 1.807) is 6.20 Å². The second-order valence-corrected chi connectivity index (χ2v) is 3.19. The van der Waals surface area contributed by atoms with Crippen LogP contribution in [0.3, 0.4) is 0 Å². The van der Waals surface area contributed by atoms with Crippen molar-refractivity contribution in [2.24, 2.45) is 4.99 Å². The van der Waals surface area contributed by atoms with Gasteiger partial charge in [-0.05, 0) is 6.42 Å². The SMILES string of the molecule is CCC1=C[N]C(=NC(C)=O)S1. The Morgan fingerprint density at radius 3 is 3.00 bits per heavy atom. The van der Waals surface area contributed by atoms with Gasteiger partial charge in [0.15, 0.2) is 5.17 Å². The molecule has 0 saturated carbocycles. The third kappa shape index (κ3) is 2.38. The van der Waals surface area contributed by atoms with Crippen molar-refractivity contribution >= 4 is 22.8 Å². The third-order valence-electron chi connectivity index (χ3n) is 1.14. The molecule has 0 saturated heterocycles. The average molecular weight is 169 g/mol. The molecule has 1 heterocycles. The maximum Gasteiger partial charge on any atom is 0.245 e. The highest BCUT2D eigenvalue weighted by Gasteiger charge is 2.12. The lowest BCUT2D eigenvalue weighted by atomic mass is 10.5. The van der Waals surface area contributed by atoms with E-state index >= 15 is 0 Å². The summed E-state index contributed by atoms with van der Waals surface area (Å²) < 4.78 is 0. The molecule has 0 fully saturated rings. The highest BCUT2D eigenvalue weighted by atomic mass is 32.2. The van der Waals surface area contributed by atoms with Gasteiger partial charge in [-0.15, -0.1) is 0 Å². The number of thioether (sulfide) groups is 1. The molecule has 0 spiro atoms. The average Bonchev–Trinajstić information content (AvgIpc) is 2.34. The van der Waals surface area contributed by atoms with Crippen LogP contribution in [0.1, 0.15) is 20.3 Å². The van der Waals surface area contributed by atoms with Crippen LogP contribution in [0.2, 0.25) is 0 Å². The quantitative estimate of drug-likeness (QED) is 0.597. The fraction of sp³-hybridized carbons (Fsp3) is 0.429. The van der Waals surface area contributed by atoms with Gasteiger partial charge < -0.3 is 0 Å². The summed E-state index contributed by atoms with van der Waals surface area (Å²) in [7, 11) is 0. The molecule has 0 aromatic carbocycles. The van der Waals surface area contributed by atoms with Gasteiger partial charge in [-0.1, -0.05) is 18.7 Å². The van der Waals surface area contributed by atoms with E-state index in [2.05, 4.69) is 10.3 Å². The first kappa shape index (κ1) is 8.33. The van der Waals surface area contributed by atoms with Gasteiger partial charge in [-0.25, -0.2) is 5.32 Å². The van der Waals surface area contributed by atoms with E-state index < -0.39 is 0 Å². The van der Waals surface area contributed by atoms with Crippen molar-refractivity contribution in [3.05, 3.63) is 11.1 Å². The number of nitrogens with zero attached hydrogens (tertiary/aromatic N) is 2. The minimum Gasteiger partial charge on any atom is -0.273 e. The van der Waals surface area contributed by atoms with E-state index in [0.717, 1.165) is 11.3 Å². The van der Waals surface area contributed by atoms with Crippen molar-refractivity contribution in [3.8, 4) is 0 Å². The van der Waals surface area contributed by atoms with Crippen molar-refractivity contribution in [1.82, 2.24) is 5.32 Å². The Morgan fingerprint density at radius 1 is 1.82 bits per heavy atom. The van der Waals surface area contributed by atoms with Gasteiger partial charge in [0, 0.05) is 18.0 Å². The zero-order chi connectivity index (χ0) is 8.27. The lowest BCUT2D eigenvalue weighted by Crippen LogP contribution is -2.01. The predicted molar refractivity (Wildman–Crippen MR) is 46.2 cm³/mol. The minimum absolute atomic E-state index is 0.193. The number of hydrogen-bond donors (Lipinski definition) is 0. The van der Waals surface area contributed by atoms with Gasteiger partial charge in [-0.2, -0.15) is 4.99 Å². The second-order valence-electron chi connectivity index (χ2n) is 2.09. The normalized spacial score (nSPS) is 19.8. The highest BCUT2D eigenvalue weighted by molar-refractivity contribution is 8.17. The number of allylic oxidation sites excluding steroid dienone is 1. The lowest BCUT2D eigenvalue weighted by molar-refractivity contribution is -0.115. The van der Waals surface area contributed by atoms with Gasteiger partial charge in [-0.3, -0.25) is 4.79 Å². The molecule has 1 rings (SSSR count). The molecule has 4 heteroatoms. The maximum atomic E-state index is 10.5. The van der Waals surface area contributed by atoms with Crippen LogP contribution in [0.25, 0.3) is 0 Å². The molecule has 59 valence electrons. The van der Waals surface area contributed by atoms with Crippen LogP contribution in [0.5, 0.6) is 0 Å². The maximum absolute atomic E-state index is 10.5. The van der Waals surface area contributed by atoms with Gasteiger partial charge >= 0.3 is 0 Å². The van der Waals surface area contributed by atoms with Crippen molar-refractivity contribution in [1.29, 1.82) is 0 Å². The Bertz CT molecular complexity index is 233. The molecular formula is C7H9N2OS. The molecule has 0 unspecified atom stereocenters. The Morgan fingerprint density at radius 2 is 2.55 bits per heavy atom. The van der Waals surface area contributed by atoms with Gasteiger partial charge in [0.1, 0.15) is 0 Å². The van der Waals surface area contributed by atoms with Crippen molar-refractivity contribution in [2.75, 3.05) is 0 Å². The number of amidine groups is 1. The summed E-state index contributed by atoms with van der Waals surface area (Å²) in [5.74, 6) is -0.193. The zero-order valence-electron chi connectivity index (χ0n) is 6.50. The number of amides is 1. The van der Waals surface area contributed by atoms with Crippen LogP contribution in [-0.2, 0) is 4.79 Å². The molecule has 0 aromatic heterocycles. The molecular weight excluding hydrogens is 160 g/mol. The molecule has 1 radical (unpaired) electrons. The molecule has 11 heavy (non-hydrogen) atoms. The van der Waals surface area contributed by atoms with E-state index in [4.69, 9.17) is 0 Å². The van der Waals surface area contributed by atoms with Gasteiger partial charge in [0.25, 0.3) is 0 Å². The number of carbonyl (C=O) groups is 1. The summed E-state index contributed by atoms with van der Waals surface area (Å²) in [6.07, 6.45) is 2.71. The van der Waals surface area contributed by atoms with E-state index in [1.807, 2.05) is 6.92 Å². The summed E-state index contributed by atoms with van der Waals surface area (Å²) >= 11 is 1.46.